The highest BCUT2D eigenvalue weighted by Crippen LogP contribution is 2.38. The average Bonchev–Trinajstić information content (AvgIpc) is 2.66. The first-order valence-corrected chi connectivity index (χ1v) is 5.90. The molecule has 0 radical (unpaired) electrons. The van der Waals surface area contributed by atoms with Gasteiger partial charge >= 0.3 is 0 Å². The lowest BCUT2D eigenvalue weighted by atomic mass is 10.0. The largest absolute Gasteiger partial charge is 0.492 e. The number of halogens is 1. The molecule has 0 amide bonds. The van der Waals surface area contributed by atoms with Crippen molar-refractivity contribution in [1.82, 2.24) is 0 Å². The number of hydrogen-bond acceptors (Lipinski definition) is 1. The van der Waals surface area contributed by atoms with Gasteiger partial charge in [-0.25, -0.2) is 0 Å². The molecule has 68 valence electrons. The Morgan fingerprint density at radius 1 is 1.15 bits per heavy atom. The third-order valence-electron chi connectivity index (χ3n) is 3.02. The highest BCUT2D eigenvalue weighted by Gasteiger charge is 2.24. The second kappa shape index (κ2) is 2.87. The van der Waals surface area contributed by atoms with Crippen LogP contribution in [-0.4, -0.2) is 6.61 Å². The fraction of sp³-hybridized carbons (Fsp3) is 0.455. The number of benzene rings is 1. The Labute approximate surface area is 91.6 Å². The molecular weight excluding hydrogens is 275 g/mol. The average molecular weight is 286 g/mol. The monoisotopic (exact) mass is 286 g/mol. The summed E-state index contributed by atoms with van der Waals surface area (Å²) in [5.74, 6) is 1.18. The van der Waals surface area contributed by atoms with Crippen molar-refractivity contribution < 1.29 is 4.74 Å². The Morgan fingerprint density at radius 2 is 2.08 bits per heavy atom. The van der Waals surface area contributed by atoms with Crippen molar-refractivity contribution in [1.29, 1.82) is 0 Å². The number of hydrogen-bond donors (Lipinski definition) is 0. The van der Waals surface area contributed by atoms with Crippen molar-refractivity contribution >= 4 is 22.6 Å². The van der Waals surface area contributed by atoms with Gasteiger partial charge in [0.15, 0.2) is 0 Å². The SMILES string of the molecule is Ic1cc2c(c3c1OCC3)CCC2. The van der Waals surface area contributed by atoms with E-state index in [0.717, 1.165) is 13.0 Å². The van der Waals surface area contributed by atoms with Crippen molar-refractivity contribution in [2.45, 2.75) is 25.7 Å². The summed E-state index contributed by atoms with van der Waals surface area (Å²) >= 11 is 2.39. The lowest BCUT2D eigenvalue weighted by molar-refractivity contribution is 0.354. The minimum Gasteiger partial charge on any atom is -0.492 e. The van der Waals surface area contributed by atoms with Crippen LogP contribution in [0.3, 0.4) is 0 Å². The summed E-state index contributed by atoms with van der Waals surface area (Å²) in [6.45, 7) is 0.891. The maximum Gasteiger partial charge on any atom is 0.136 e. The van der Waals surface area contributed by atoms with E-state index >= 15 is 0 Å². The van der Waals surface area contributed by atoms with E-state index in [1.54, 1.807) is 11.1 Å². The molecular formula is C11H11IO. The molecule has 0 bridgehead atoms. The summed E-state index contributed by atoms with van der Waals surface area (Å²) in [5.41, 5.74) is 4.70. The van der Waals surface area contributed by atoms with E-state index in [9.17, 15) is 0 Å². The summed E-state index contributed by atoms with van der Waals surface area (Å²) in [7, 11) is 0. The van der Waals surface area contributed by atoms with Crippen molar-refractivity contribution in [3.63, 3.8) is 0 Å². The molecule has 2 aliphatic rings. The van der Waals surface area contributed by atoms with Crippen LogP contribution < -0.4 is 4.74 Å². The van der Waals surface area contributed by atoms with Crippen molar-refractivity contribution in [3.05, 3.63) is 26.3 Å². The van der Waals surface area contributed by atoms with Gasteiger partial charge in [0.05, 0.1) is 10.2 Å². The Morgan fingerprint density at radius 3 is 3.00 bits per heavy atom. The van der Waals surface area contributed by atoms with Gasteiger partial charge in [0, 0.05) is 12.0 Å². The molecule has 1 nitrogen and oxygen atoms in total. The Hall–Kier alpha value is -0.250. The van der Waals surface area contributed by atoms with E-state index in [1.807, 2.05) is 0 Å². The first-order valence-electron chi connectivity index (χ1n) is 4.82. The molecule has 2 heteroatoms. The summed E-state index contributed by atoms with van der Waals surface area (Å²) < 4.78 is 6.96. The lowest BCUT2D eigenvalue weighted by Gasteiger charge is -2.07. The number of rotatable bonds is 0. The maximum absolute atomic E-state index is 5.65. The van der Waals surface area contributed by atoms with E-state index in [2.05, 4.69) is 28.7 Å². The van der Waals surface area contributed by atoms with E-state index in [1.165, 1.54) is 34.1 Å². The smallest absolute Gasteiger partial charge is 0.136 e. The predicted molar refractivity (Wildman–Crippen MR) is 60.4 cm³/mol. The molecule has 0 saturated carbocycles. The Balaban J connectivity index is 2.28. The van der Waals surface area contributed by atoms with Crippen LogP contribution in [0.4, 0.5) is 0 Å². The van der Waals surface area contributed by atoms with Crippen LogP contribution in [-0.2, 0) is 19.3 Å². The van der Waals surface area contributed by atoms with Crippen LogP contribution in [0.15, 0.2) is 6.07 Å². The van der Waals surface area contributed by atoms with Gasteiger partial charge in [0.25, 0.3) is 0 Å². The van der Waals surface area contributed by atoms with Gasteiger partial charge in [-0.05, 0) is 59.0 Å². The van der Waals surface area contributed by atoms with Crippen LogP contribution >= 0.6 is 22.6 Å². The zero-order chi connectivity index (χ0) is 8.84. The van der Waals surface area contributed by atoms with E-state index in [0.29, 0.717) is 0 Å². The van der Waals surface area contributed by atoms with Crippen molar-refractivity contribution in [2.24, 2.45) is 0 Å². The highest BCUT2D eigenvalue weighted by atomic mass is 127. The summed E-state index contributed by atoms with van der Waals surface area (Å²) in [4.78, 5) is 0. The second-order valence-electron chi connectivity index (χ2n) is 3.76. The lowest BCUT2D eigenvalue weighted by Crippen LogP contribution is -1.91. The predicted octanol–water partition coefficient (Wildman–Crippen LogP) is 2.71. The molecule has 0 fully saturated rings. The quantitative estimate of drug-likeness (QED) is 0.666. The zero-order valence-corrected chi connectivity index (χ0v) is 9.56. The first kappa shape index (κ1) is 8.09. The van der Waals surface area contributed by atoms with Gasteiger partial charge in [-0.15, -0.1) is 0 Å². The van der Waals surface area contributed by atoms with Crippen molar-refractivity contribution in [2.75, 3.05) is 6.61 Å². The van der Waals surface area contributed by atoms with Gasteiger partial charge in [-0.1, -0.05) is 0 Å². The number of fused-ring (bicyclic) bond motifs is 3. The van der Waals surface area contributed by atoms with Gasteiger partial charge in [-0.3, -0.25) is 0 Å². The summed E-state index contributed by atoms with van der Waals surface area (Å²) in [5, 5.41) is 0. The molecule has 0 N–H and O–H groups in total. The fourth-order valence-electron chi connectivity index (χ4n) is 2.45. The molecule has 0 atom stereocenters. The number of ether oxygens (including phenoxy) is 1. The molecule has 1 aromatic carbocycles. The van der Waals surface area contributed by atoms with Crippen LogP contribution in [0, 0.1) is 3.57 Å². The molecule has 3 rings (SSSR count). The van der Waals surface area contributed by atoms with E-state index in [-0.39, 0.29) is 0 Å². The topological polar surface area (TPSA) is 9.23 Å². The highest BCUT2D eigenvalue weighted by molar-refractivity contribution is 14.1. The van der Waals surface area contributed by atoms with Gasteiger partial charge in [0.1, 0.15) is 5.75 Å². The number of aryl methyl sites for hydroxylation is 1. The molecule has 0 aromatic heterocycles. The third kappa shape index (κ3) is 1.11. The maximum atomic E-state index is 5.65. The molecule has 1 heterocycles. The Bertz CT molecular complexity index is 371. The molecule has 1 aliphatic carbocycles. The van der Waals surface area contributed by atoms with E-state index < -0.39 is 0 Å². The molecule has 1 aliphatic heterocycles. The molecule has 0 spiro atoms. The van der Waals surface area contributed by atoms with Crippen LogP contribution in [0.2, 0.25) is 0 Å². The molecule has 0 unspecified atom stereocenters. The van der Waals surface area contributed by atoms with Crippen LogP contribution in [0.1, 0.15) is 23.1 Å². The Kier molecular flexibility index (Phi) is 1.79. The minimum absolute atomic E-state index is 0.891. The van der Waals surface area contributed by atoms with Crippen LogP contribution in [0.5, 0.6) is 5.75 Å². The van der Waals surface area contributed by atoms with Crippen molar-refractivity contribution in [3.8, 4) is 5.75 Å². The van der Waals surface area contributed by atoms with Crippen LogP contribution in [0.25, 0.3) is 0 Å². The fourth-order valence-corrected chi connectivity index (χ4v) is 3.30. The molecule has 13 heavy (non-hydrogen) atoms. The van der Waals surface area contributed by atoms with Gasteiger partial charge in [-0.2, -0.15) is 0 Å². The summed E-state index contributed by atoms with van der Waals surface area (Å²) in [6, 6.07) is 2.31. The standard InChI is InChI=1S/C11H11IO/c12-10-6-7-2-1-3-8(7)9-4-5-13-11(9)10/h6H,1-5H2. The molecule has 1 aromatic rings. The van der Waals surface area contributed by atoms with Gasteiger partial charge in [0.2, 0.25) is 0 Å². The minimum atomic E-state index is 0.891. The summed E-state index contributed by atoms with van der Waals surface area (Å²) in [6.07, 6.45) is 5.02. The third-order valence-corrected chi connectivity index (χ3v) is 3.82. The first-order chi connectivity index (χ1) is 6.36. The molecule has 0 saturated heterocycles. The second-order valence-corrected chi connectivity index (χ2v) is 4.92. The van der Waals surface area contributed by atoms with E-state index in [4.69, 9.17) is 4.74 Å². The zero-order valence-electron chi connectivity index (χ0n) is 7.40. The van der Waals surface area contributed by atoms with Gasteiger partial charge < -0.3 is 4.74 Å². The normalized spacial score (nSPS) is 18.2.